The largest absolute Gasteiger partial charge is 0.487 e. The van der Waals surface area contributed by atoms with Crippen LogP contribution < -0.4 is 15.5 Å². The summed E-state index contributed by atoms with van der Waals surface area (Å²) in [7, 11) is 0. The van der Waals surface area contributed by atoms with Crippen molar-refractivity contribution in [3.05, 3.63) is 111 Å². The van der Waals surface area contributed by atoms with E-state index in [1.54, 1.807) is 61.7 Å². The smallest absolute Gasteiger partial charge is 0.280 e. The van der Waals surface area contributed by atoms with Crippen LogP contribution in [0.5, 0.6) is 5.75 Å². The summed E-state index contributed by atoms with van der Waals surface area (Å²) in [5.41, 5.74) is 1.87. The summed E-state index contributed by atoms with van der Waals surface area (Å²) in [6.45, 7) is 2.04. The molecule has 0 bridgehead atoms. The van der Waals surface area contributed by atoms with E-state index in [9.17, 15) is 9.59 Å². The highest BCUT2D eigenvalue weighted by Crippen LogP contribution is 2.19. The number of pyridine rings is 1. The van der Waals surface area contributed by atoms with Gasteiger partial charge >= 0.3 is 0 Å². The molecule has 0 fully saturated rings. The number of aryl methyl sites for hydroxylation is 1. The first-order valence-corrected chi connectivity index (χ1v) is 10.2. The number of carbonyl (C=O) groups excluding carboxylic acids is 1. The molecule has 1 N–H and O–H groups in total. The Morgan fingerprint density at radius 1 is 1.06 bits per heavy atom. The number of nitrogens with zero attached hydrogens (tertiary/aromatic N) is 3. The van der Waals surface area contributed by atoms with Crippen molar-refractivity contribution >= 4 is 23.2 Å². The number of carbonyl (C=O) groups is 1. The molecule has 0 aliphatic rings. The monoisotopic (exact) mass is 446 g/mol. The van der Waals surface area contributed by atoms with Gasteiger partial charge < -0.3 is 10.1 Å². The van der Waals surface area contributed by atoms with Crippen LogP contribution >= 0.6 is 11.6 Å². The summed E-state index contributed by atoms with van der Waals surface area (Å²) < 4.78 is 7.27. The predicted molar refractivity (Wildman–Crippen MR) is 123 cm³/mol. The molecule has 8 heteroatoms. The van der Waals surface area contributed by atoms with Crippen LogP contribution in [0.1, 0.15) is 21.9 Å². The normalized spacial score (nSPS) is 10.6. The third kappa shape index (κ3) is 5.01. The van der Waals surface area contributed by atoms with Crippen LogP contribution in [-0.4, -0.2) is 20.7 Å². The van der Waals surface area contributed by atoms with E-state index < -0.39 is 11.3 Å². The molecule has 7 nitrogen and oxygen atoms in total. The van der Waals surface area contributed by atoms with Gasteiger partial charge in [-0.2, -0.15) is 5.10 Å². The van der Waals surface area contributed by atoms with Crippen LogP contribution in [0, 0.1) is 6.92 Å². The Balaban J connectivity index is 1.53. The molecule has 0 saturated carbocycles. The lowest BCUT2D eigenvalue weighted by atomic mass is 10.2. The average molecular weight is 447 g/mol. The molecule has 0 unspecified atom stereocenters. The third-order valence-corrected chi connectivity index (χ3v) is 4.85. The number of ether oxygens (including phenoxy) is 1. The summed E-state index contributed by atoms with van der Waals surface area (Å²) in [5.74, 6) is -0.0523. The summed E-state index contributed by atoms with van der Waals surface area (Å²) in [6, 6.07) is 20.8. The minimum Gasteiger partial charge on any atom is -0.487 e. The number of nitrogens with one attached hydrogen (secondary N) is 1. The van der Waals surface area contributed by atoms with E-state index in [0.717, 1.165) is 5.69 Å². The van der Waals surface area contributed by atoms with Gasteiger partial charge in [0.1, 0.15) is 12.4 Å². The van der Waals surface area contributed by atoms with Crippen molar-refractivity contribution in [2.24, 2.45) is 0 Å². The Hall–Kier alpha value is -3.97. The molecular weight excluding hydrogens is 428 g/mol. The Morgan fingerprint density at radius 3 is 2.62 bits per heavy atom. The first kappa shape index (κ1) is 21.3. The topological polar surface area (TPSA) is 86.1 Å². The molecule has 4 aromatic rings. The van der Waals surface area contributed by atoms with E-state index in [1.165, 1.54) is 10.7 Å². The van der Waals surface area contributed by atoms with Crippen LogP contribution in [-0.2, 0) is 6.61 Å². The Morgan fingerprint density at radius 2 is 1.88 bits per heavy atom. The molecule has 0 atom stereocenters. The maximum atomic E-state index is 12.8. The van der Waals surface area contributed by atoms with Gasteiger partial charge in [-0.25, -0.2) is 4.68 Å². The Kier molecular flexibility index (Phi) is 6.28. The molecule has 0 radical (unpaired) electrons. The number of anilines is 1. The standard InChI is InChI=1S/C24H19ClN4O3/c1-16-13-22(30)23(28-29(16)20-10-8-17(25)9-11-20)24(31)27-18-6-4-7-21(14-18)32-15-19-5-2-3-12-26-19/h2-14H,15H2,1H3,(H,27,31). The van der Waals surface area contributed by atoms with Gasteiger partial charge in [0.25, 0.3) is 5.91 Å². The molecule has 32 heavy (non-hydrogen) atoms. The average Bonchev–Trinajstić information content (AvgIpc) is 2.79. The molecule has 160 valence electrons. The van der Waals surface area contributed by atoms with Gasteiger partial charge in [0.2, 0.25) is 5.43 Å². The molecule has 2 aromatic carbocycles. The van der Waals surface area contributed by atoms with E-state index in [1.807, 2.05) is 18.2 Å². The first-order chi connectivity index (χ1) is 15.5. The highest BCUT2D eigenvalue weighted by molar-refractivity contribution is 6.30. The maximum Gasteiger partial charge on any atom is 0.280 e. The van der Waals surface area contributed by atoms with Gasteiger partial charge in [-0.05, 0) is 55.5 Å². The minimum absolute atomic E-state index is 0.217. The van der Waals surface area contributed by atoms with Crippen molar-refractivity contribution < 1.29 is 9.53 Å². The molecule has 0 aliphatic heterocycles. The zero-order valence-corrected chi connectivity index (χ0v) is 17.9. The summed E-state index contributed by atoms with van der Waals surface area (Å²) >= 11 is 5.95. The van der Waals surface area contributed by atoms with Crippen molar-refractivity contribution in [1.82, 2.24) is 14.8 Å². The Bertz CT molecular complexity index is 1310. The Labute approximate surface area is 189 Å². The lowest BCUT2D eigenvalue weighted by molar-refractivity contribution is 0.101. The van der Waals surface area contributed by atoms with Crippen molar-refractivity contribution in [3.63, 3.8) is 0 Å². The van der Waals surface area contributed by atoms with E-state index in [4.69, 9.17) is 16.3 Å². The summed E-state index contributed by atoms with van der Waals surface area (Å²) in [4.78, 5) is 29.5. The van der Waals surface area contributed by atoms with Crippen molar-refractivity contribution in [2.45, 2.75) is 13.5 Å². The van der Waals surface area contributed by atoms with Crippen LogP contribution in [0.4, 0.5) is 5.69 Å². The van der Waals surface area contributed by atoms with Gasteiger partial charge in [-0.1, -0.05) is 23.7 Å². The second-order valence-electron chi connectivity index (χ2n) is 6.98. The predicted octanol–water partition coefficient (Wildman–Crippen LogP) is 4.42. The second kappa shape index (κ2) is 9.45. The second-order valence-corrected chi connectivity index (χ2v) is 7.41. The van der Waals surface area contributed by atoms with Crippen molar-refractivity contribution in [1.29, 1.82) is 0 Å². The minimum atomic E-state index is -0.611. The van der Waals surface area contributed by atoms with Crippen LogP contribution in [0.15, 0.2) is 83.8 Å². The number of rotatable bonds is 6. The number of benzene rings is 2. The van der Waals surface area contributed by atoms with Gasteiger partial charge in [0.15, 0.2) is 5.69 Å². The van der Waals surface area contributed by atoms with E-state index in [2.05, 4.69) is 15.4 Å². The molecule has 4 rings (SSSR count). The molecule has 1 amide bonds. The number of hydrogen-bond acceptors (Lipinski definition) is 5. The van der Waals surface area contributed by atoms with Gasteiger partial charge in [-0.3, -0.25) is 14.6 Å². The first-order valence-electron chi connectivity index (χ1n) is 9.80. The fourth-order valence-electron chi connectivity index (χ4n) is 3.04. The van der Waals surface area contributed by atoms with Crippen LogP contribution in [0.2, 0.25) is 5.02 Å². The number of hydrogen-bond donors (Lipinski definition) is 1. The lowest BCUT2D eigenvalue weighted by Gasteiger charge is -2.12. The third-order valence-electron chi connectivity index (χ3n) is 4.60. The highest BCUT2D eigenvalue weighted by atomic mass is 35.5. The van der Waals surface area contributed by atoms with E-state index in [-0.39, 0.29) is 5.69 Å². The van der Waals surface area contributed by atoms with Crippen molar-refractivity contribution in [2.75, 3.05) is 5.32 Å². The highest BCUT2D eigenvalue weighted by Gasteiger charge is 2.16. The molecule has 2 aromatic heterocycles. The van der Waals surface area contributed by atoms with Crippen LogP contribution in [0.3, 0.4) is 0 Å². The maximum absolute atomic E-state index is 12.8. The summed E-state index contributed by atoms with van der Waals surface area (Å²) in [6.07, 6.45) is 1.70. The number of halogens is 1. The molecule has 2 heterocycles. The molecule has 0 aliphatic carbocycles. The van der Waals surface area contributed by atoms with E-state index >= 15 is 0 Å². The number of amides is 1. The van der Waals surface area contributed by atoms with Gasteiger partial charge in [0, 0.05) is 34.7 Å². The van der Waals surface area contributed by atoms with Gasteiger partial charge in [0.05, 0.1) is 11.4 Å². The zero-order chi connectivity index (χ0) is 22.5. The molecule has 0 saturated heterocycles. The fraction of sp³-hybridized carbons (Fsp3) is 0.0833. The SMILES string of the molecule is Cc1cc(=O)c(C(=O)Nc2cccc(OCc3ccccn3)c2)nn1-c1ccc(Cl)cc1. The molecule has 0 spiro atoms. The zero-order valence-electron chi connectivity index (χ0n) is 17.2. The van der Waals surface area contributed by atoms with E-state index in [0.29, 0.717) is 34.4 Å². The lowest BCUT2D eigenvalue weighted by Crippen LogP contribution is -2.26. The van der Waals surface area contributed by atoms with Crippen molar-refractivity contribution in [3.8, 4) is 11.4 Å². The van der Waals surface area contributed by atoms with Gasteiger partial charge in [-0.15, -0.1) is 0 Å². The van der Waals surface area contributed by atoms with Crippen LogP contribution in [0.25, 0.3) is 5.69 Å². The quantitative estimate of drug-likeness (QED) is 0.473. The fourth-order valence-corrected chi connectivity index (χ4v) is 3.17. The number of aromatic nitrogens is 3. The molecular formula is C24H19ClN4O3. The summed E-state index contributed by atoms with van der Waals surface area (Å²) in [5, 5.41) is 7.57.